The number of hydrogen-bond donors (Lipinski definition) is 4. The van der Waals surface area contributed by atoms with Gasteiger partial charge in [0, 0.05) is 54.1 Å². The van der Waals surface area contributed by atoms with Gasteiger partial charge in [-0.25, -0.2) is 19.0 Å². The minimum Gasteiger partial charge on any atom is -0.490 e. The fraction of sp³-hybridized carbons (Fsp3) is 0.333. The average molecular weight is 714 g/mol. The van der Waals surface area contributed by atoms with Crippen molar-refractivity contribution >= 4 is 45.9 Å². The molecule has 6 rings (SSSR count). The van der Waals surface area contributed by atoms with Crippen LogP contribution in [0.2, 0.25) is 0 Å². The molecule has 2 atom stereocenters. The highest BCUT2D eigenvalue weighted by atomic mass is 19.4. The third kappa shape index (κ3) is 9.77. The zero-order chi connectivity index (χ0) is 37.6. The first-order valence-corrected chi connectivity index (χ1v) is 15.9. The van der Waals surface area contributed by atoms with Gasteiger partial charge in [-0.2, -0.15) is 13.2 Å². The number of ether oxygens (including phenoxy) is 2. The van der Waals surface area contributed by atoms with Crippen molar-refractivity contribution < 1.29 is 46.5 Å². The Kier molecular flexibility index (Phi) is 12.0. The molecule has 0 aliphatic carbocycles. The molecular formula is C36H39F4N5O6. The molecule has 2 amide bonds. The molecule has 0 fully saturated rings. The van der Waals surface area contributed by atoms with Gasteiger partial charge in [0.15, 0.2) is 11.6 Å². The van der Waals surface area contributed by atoms with Crippen molar-refractivity contribution in [1.82, 2.24) is 9.88 Å². The molecule has 1 aromatic heterocycles. The zero-order valence-corrected chi connectivity index (χ0v) is 28.6. The minimum atomic E-state index is -5.08. The second kappa shape index (κ2) is 16.0. The number of nitrogen functional groups attached to an aromatic ring is 1. The van der Waals surface area contributed by atoms with Gasteiger partial charge in [-0.05, 0) is 65.3 Å². The van der Waals surface area contributed by atoms with Crippen molar-refractivity contribution in [3.8, 4) is 5.75 Å². The second-order valence-electron chi connectivity index (χ2n) is 12.6. The quantitative estimate of drug-likeness (QED) is 0.155. The molecule has 51 heavy (non-hydrogen) atoms. The van der Waals surface area contributed by atoms with Gasteiger partial charge in [0.2, 0.25) is 5.91 Å². The lowest BCUT2D eigenvalue weighted by molar-refractivity contribution is -0.192. The molecule has 11 nitrogen and oxygen atoms in total. The Bertz CT molecular complexity index is 1920. The van der Waals surface area contributed by atoms with Crippen molar-refractivity contribution in [1.29, 1.82) is 0 Å². The summed E-state index contributed by atoms with van der Waals surface area (Å²) in [4.78, 5) is 41.5. The Morgan fingerprint density at radius 1 is 1.16 bits per heavy atom. The lowest BCUT2D eigenvalue weighted by Crippen LogP contribution is -2.35. The summed E-state index contributed by atoms with van der Waals surface area (Å²) >= 11 is 0. The van der Waals surface area contributed by atoms with Gasteiger partial charge >= 0.3 is 18.2 Å². The molecule has 0 unspecified atom stereocenters. The van der Waals surface area contributed by atoms with E-state index in [-0.39, 0.29) is 48.9 Å². The first kappa shape index (κ1) is 38.2. The van der Waals surface area contributed by atoms with Gasteiger partial charge in [0.1, 0.15) is 11.9 Å². The number of aliphatic carboxylic acids is 1. The lowest BCUT2D eigenvalue weighted by Gasteiger charge is -2.28. The summed E-state index contributed by atoms with van der Waals surface area (Å²) in [5.41, 5.74) is 10.1. The van der Waals surface area contributed by atoms with Gasteiger partial charge in [0.25, 0.3) is 0 Å². The van der Waals surface area contributed by atoms with Crippen LogP contribution in [0.3, 0.4) is 0 Å². The SMILES string of the molecule is Cc1cc2ccc1[C@@H](C)COC(=O)Nc1cc(F)c(OCC(C)C)c(c1)CN(C)C(=O)[C@@H]2Nc1ccc2c(N)nccc2c1.O=C(O)C(F)(F)F. The Hall–Kier alpha value is -5.60. The van der Waals surface area contributed by atoms with E-state index in [1.54, 1.807) is 19.3 Å². The van der Waals surface area contributed by atoms with Crippen LogP contribution in [0.4, 0.5) is 39.5 Å². The number of pyridine rings is 1. The van der Waals surface area contributed by atoms with Crippen LogP contribution in [0.25, 0.3) is 10.8 Å². The molecule has 5 N–H and O–H groups in total. The number of anilines is 3. The van der Waals surface area contributed by atoms with Crippen molar-refractivity contribution in [3.63, 3.8) is 0 Å². The highest BCUT2D eigenvalue weighted by molar-refractivity contribution is 5.94. The van der Waals surface area contributed by atoms with Crippen LogP contribution in [0.1, 0.15) is 55.0 Å². The number of nitrogens with one attached hydrogen (secondary N) is 2. The smallest absolute Gasteiger partial charge is 0.490 e. The molecule has 2 aliphatic heterocycles. The Morgan fingerprint density at radius 3 is 2.51 bits per heavy atom. The molecule has 3 aromatic carbocycles. The number of halogens is 4. The first-order chi connectivity index (χ1) is 23.9. The van der Waals surface area contributed by atoms with Crippen molar-refractivity contribution in [3.05, 3.63) is 88.9 Å². The van der Waals surface area contributed by atoms with E-state index in [1.165, 1.54) is 11.0 Å². The number of nitrogens with zero attached hydrogens (tertiary/aromatic N) is 2. The van der Waals surface area contributed by atoms with E-state index in [0.29, 0.717) is 11.4 Å². The number of carboxylic acids is 1. The third-order valence-electron chi connectivity index (χ3n) is 7.93. The third-order valence-corrected chi connectivity index (χ3v) is 7.93. The fourth-order valence-electron chi connectivity index (χ4n) is 5.43. The Balaban J connectivity index is 0.000000755. The number of amides is 2. The van der Waals surface area contributed by atoms with Crippen LogP contribution in [0.5, 0.6) is 5.75 Å². The van der Waals surface area contributed by atoms with Gasteiger partial charge < -0.3 is 30.5 Å². The standard InChI is InChI=1S/C34H38FN5O4.C2HF3O2/c1-19(2)17-43-31-24-14-26(15-29(31)35)39-34(42)44-18-21(4)27-8-6-23(12-20(27)3)30(33(41)40(5)16-24)38-25-7-9-28-22(13-25)10-11-37-32(28)36;3-2(4,5)1(6)7/h6-15,19,21,30,38H,16-18H2,1-5H3,(H2,36,37)(H,39,42);(H,6,7)/t21-,30+;/m0./s1. The van der Waals surface area contributed by atoms with Gasteiger partial charge in [0.05, 0.1) is 13.2 Å². The van der Waals surface area contributed by atoms with E-state index in [1.807, 2.05) is 70.2 Å². The van der Waals surface area contributed by atoms with Crippen LogP contribution in [0.15, 0.2) is 60.8 Å². The number of alkyl halides is 3. The summed E-state index contributed by atoms with van der Waals surface area (Å²) < 4.78 is 58.5. The predicted octanol–water partition coefficient (Wildman–Crippen LogP) is 7.41. The molecular weight excluding hydrogens is 674 g/mol. The monoisotopic (exact) mass is 713 g/mol. The van der Waals surface area contributed by atoms with Crippen LogP contribution in [0, 0.1) is 18.7 Å². The largest absolute Gasteiger partial charge is 0.490 e. The van der Waals surface area contributed by atoms with E-state index in [4.69, 9.17) is 25.1 Å². The number of aromatic nitrogens is 1. The number of likely N-dealkylation sites (N-methyl/N-ethyl adjacent to an activating group) is 1. The number of carbonyl (C=O) groups is 3. The molecule has 2 aliphatic rings. The second-order valence-corrected chi connectivity index (χ2v) is 12.6. The number of fused-ring (bicyclic) bond motifs is 10. The number of nitrogens with two attached hydrogens (primary N) is 1. The molecule has 0 saturated carbocycles. The van der Waals surface area contributed by atoms with E-state index in [9.17, 15) is 22.8 Å². The summed E-state index contributed by atoms with van der Waals surface area (Å²) in [6.45, 7) is 8.29. The van der Waals surface area contributed by atoms with Crippen LogP contribution in [-0.4, -0.2) is 59.4 Å². The molecule has 272 valence electrons. The number of carboxylic acid groups (broad SMARTS) is 1. The molecule has 4 aromatic rings. The van der Waals surface area contributed by atoms with Crippen LogP contribution in [-0.2, 0) is 20.9 Å². The average Bonchev–Trinajstić information content (AvgIpc) is 3.04. The maximum absolute atomic E-state index is 15.4. The first-order valence-electron chi connectivity index (χ1n) is 15.9. The van der Waals surface area contributed by atoms with E-state index >= 15 is 4.39 Å². The number of aryl methyl sites for hydroxylation is 1. The predicted molar refractivity (Wildman–Crippen MR) is 184 cm³/mol. The summed E-state index contributed by atoms with van der Waals surface area (Å²) in [6, 6.07) is 15.4. The topological polar surface area (TPSA) is 156 Å². The van der Waals surface area contributed by atoms with Crippen LogP contribution >= 0.6 is 0 Å². The van der Waals surface area contributed by atoms with E-state index in [0.717, 1.165) is 33.2 Å². The number of carbonyl (C=O) groups excluding carboxylic acids is 2. The molecule has 0 spiro atoms. The number of hydrogen-bond acceptors (Lipinski definition) is 8. The minimum absolute atomic E-state index is 0.0277. The van der Waals surface area contributed by atoms with Gasteiger partial charge in [-0.1, -0.05) is 39.0 Å². The van der Waals surface area contributed by atoms with Gasteiger partial charge in [-0.3, -0.25) is 10.1 Å². The normalized spacial score (nSPS) is 16.6. The molecule has 3 heterocycles. The Labute approximate surface area is 291 Å². The highest BCUT2D eigenvalue weighted by Crippen LogP contribution is 2.33. The fourth-order valence-corrected chi connectivity index (χ4v) is 5.43. The summed E-state index contributed by atoms with van der Waals surface area (Å²) in [5, 5.41) is 14.9. The van der Waals surface area contributed by atoms with Crippen LogP contribution < -0.4 is 21.1 Å². The molecule has 0 radical (unpaired) electrons. The van der Waals surface area contributed by atoms with Crippen molar-refractivity contribution in [2.45, 2.75) is 52.4 Å². The van der Waals surface area contributed by atoms with E-state index < -0.39 is 30.1 Å². The van der Waals surface area contributed by atoms with Gasteiger partial charge in [-0.15, -0.1) is 0 Å². The lowest BCUT2D eigenvalue weighted by atomic mass is 9.93. The van der Waals surface area contributed by atoms with Crippen molar-refractivity contribution in [2.75, 3.05) is 36.6 Å². The zero-order valence-electron chi connectivity index (χ0n) is 28.6. The molecule has 4 bridgehead atoms. The summed E-state index contributed by atoms with van der Waals surface area (Å²) in [5.74, 6) is -3.13. The Morgan fingerprint density at radius 2 is 1.86 bits per heavy atom. The maximum atomic E-state index is 15.4. The highest BCUT2D eigenvalue weighted by Gasteiger charge is 2.38. The summed E-state index contributed by atoms with van der Waals surface area (Å²) in [7, 11) is 1.66. The maximum Gasteiger partial charge on any atom is 0.490 e. The number of benzene rings is 3. The number of rotatable bonds is 5. The van der Waals surface area contributed by atoms with Crippen molar-refractivity contribution in [2.24, 2.45) is 5.92 Å². The molecule has 0 saturated heterocycles. The summed E-state index contributed by atoms with van der Waals surface area (Å²) in [6.07, 6.45) is -4.13. The molecule has 15 heteroatoms. The van der Waals surface area contributed by atoms with E-state index in [2.05, 4.69) is 15.6 Å².